The zero-order valence-electron chi connectivity index (χ0n) is 43.8. The molecule has 1 aliphatic heterocycles. The van der Waals surface area contributed by atoms with Crippen molar-refractivity contribution >= 4 is 41.4 Å². The molecule has 1 heterocycles. The van der Waals surface area contributed by atoms with Gasteiger partial charge in [-0.3, -0.25) is 28.8 Å². The molecule has 0 saturated carbocycles. The topological polar surface area (TPSA) is 211 Å². The molecule has 7 atom stereocenters. The lowest BCUT2D eigenvalue weighted by Gasteiger charge is -2.37. The number of carbonyl (C=O) groups is 7. The lowest BCUT2D eigenvalue weighted by Crippen LogP contribution is -2.58. The van der Waals surface area contributed by atoms with Crippen molar-refractivity contribution in [2.24, 2.45) is 5.92 Å². The van der Waals surface area contributed by atoms with Gasteiger partial charge in [-0.25, -0.2) is 4.79 Å². The van der Waals surface area contributed by atoms with Crippen LogP contribution in [-0.2, 0) is 52.5 Å². The number of nitrogens with one attached hydrogen (secondary N) is 4. The van der Waals surface area contributed by atoms with Gasteiger partial charge in [0.05, 0.1) is 33.5 Å². The van der Waals surface area contributed by atoms with E-state index < -0.39 is 84.3 Å². The third kappa shape index (κ3) is 18.9. The van der Waals surface area contributed by atoms with Crippen LogP contribution in [0.5, 0.6) is 0 Å². The van der Waals surface area contributed by atoms with Crippen molar-refractivity contribution in [3.8, 4) is 0 Å². The van der Waals surface area contributed by atoms with Crippen molar-refractivity contribution < 1.29 is 52.5 Å². The van der Waals surface area contributed by atoms with E-state index in [1.165, 1.54) is 103 Å². The number of methoxy groups -OCH3 is 3. The number of amides is 6. The molecule has 2 aliphatic carbocycles. The molecule has 17 nitrogen and oxygen atoms in total. The molecule has 6 amide bonds. The molecule has 4 bridgehead atoms. The average Bonchev–Trinajstić information content (AvgIpc) is 3.35. The molecule has 4 N–H and O–H groups in total. The fourth-order valence-electron chi connectivity index (χ4n) is 9.08. The van der Waals surface area contributed by atoms with Crippen molar-refractivity contribution in [3.63, 3.8) is 0 Å². The molecule has 3 aliphatic rings. The van der Waals surface area contributed by atoms with Gasteiger partial charge in [0.2, 0.25) is 35.4 Å². The lowest BCUT2D eigenvalue weighted by molar-refractivity contribution is -0.145. The monoisotopic (exact) mass is 983 g/mol. The summed E-state index contributed by atoms with van der Waals surface area (Å²) >= 11 is 0. The number of unbranched alkanes of at least 4 members (excludes halogenated alkanes) is 13. The number of likely N-dealkylation sites (N-methyl/N-ethyl adjacent to an activating group) is 2. The first kappa shape index (κ1) is 59.3. The summed E-state index contributed by atoms with van der Waals surface area (Å²) in [5.74, 6) is -4.03. The zero-order valence-corrected chi connectivity index (χ0v) is 43.8. The fourth-order valence-corrected chi connectivity index (χ4v) is 9.08. The molecule has 3 rings (SSSR count). The SMILES string of the molecule is CCCCCCCCCCCCCCCC(=O)N(C)[C@H](COCCCC)C(=O)N[C@H](C)C(=O)NCC(=O)N(C)[C@@H]1C(=O)N[C@@H](C)C(=O)N[C@H](C(=O)OC)CC2=CC[C@H](OC)C(=C2)C2=C(OC)C=C[C@H]1C2. The van der Waals surface area contributed by atoms with E-state index in [9.17, 15) is 33.6 Å². The summed E-state index contributed by atoms with van der Waals surface area (Å²) in [5.41, 5.74) is 2.28. The molecule has 0 unspecified atom stereocenters. The Morgan fingerprint density at radius 2 is 1.43 bits per heavy atom. The normalized spacial score (nSPS) is 21.2. The smallest absolute Gasteiger partial charge is 0.328 e. The molecular weight excluding hydrogens is 897 g/mol. The van der Waals surface area contributed by atoms with Gasteiger partial charge in [-0.15, -0.1) is 0 Å². The van der Waals surface area contributed by atoms with Gasteiger partial charge < -0.3 is 50.0 Å². The van der Waals surface area contributed by atoms with Gasteiger partial charge >= 0.3 is 5.97 Å². The average molecular weight is 983 g/mol. The first-order valence-electron chi connectivity index (χ1n) is 25.9. The predicted octanol–water partition coefficient (Wildman–Crippen LogP) is 5.87. The first-order valence-corrected chi connectivity index (χ1v) is 25.9. The number of nitrogens with zero attached hydrogens (tertiary/aromatic N) is 2. The predicted molar refractivity (Wildman–Crippen MR) is 269 cm³/mol. The van der Waals surface area contributed by atoms with Crippen LogP contribution < -0.4 is 21.3 Å². The second-order valence-corrected chi connectivity index (χ2v) is 19.0. The largest absolute Gasteiger partial charge is 0.496 e. The Hall–Kier alpha value is -5.03. The molecule has 0 spiro atoms. The van der Waals surface area contributed by atoms with Crippen molar-refractivity contribution in [3.05, 3.63) is 46.8 Å². The molecule has 0 aromatic carbocycles. The first-order chi connectivity index (χ1) is 33.6. The molecule has 70 heavy (non-hydrogen) atoms. The third-order valence-corrected chi connectivity index (χ3v) is 13.6. The Kier molecular flexibility index (Phi) is 27.1. The van der Waals surface area contributed by atoms with Crippen LogP contribution in [0, 0.1) is 5.92 Å². The van der Waals surface area contributed by atoms with Crippen LogP contribution in [0.2, 0.25) is 0 Å². The van der Waals surface area contributed by atoms with Crippen molar-refractivity contribution in [2.45, 2.75) is 186 Å². The van der Waals surface area contributed by atoms with Crippen molar-refractivity contribution in [1.82, 2.24) is 31.1 Å². The van der Waals surface area contributed by atoms with Gasteiger partial charge in [-0.05, 0) is 56.8 Å². The van der Waals surface area contributed by atoms with Crippen LogP contribution in [0.15, 0.2) is 46.8 Å². The highest BCUT2D eigenvalue weighted by Gasteiger charge is 2.40. The fraction of sp³-hybridized carbons (Fsp3) is 0.717. The number of esters is 1. The van der Waals surface area contributed by atoms with Crippen molar-refractivity contribution in [2.75, 3.05) is 55.2 Å². The van der Waals surface area contributed by atoms with Crippen LogP contribution in [0.3, 0.4) is 0 Å². The summed E-state index contributed by atoms with van der Waals surface area (Å²) in [7, 11) is 7.38. The van der Waals surface area contributed by atoms with Gasteiger partial charge in [0.15, 0.2) is 0 Å². The number of allylic oxidation sites excluding steroid dienone is 2. The molecule has 0 aromatic rings. The Morgan fingerprint density at radius 3 is 2.03 bits per heavy atom. The number of fused-ring (bicyclic) bond motifs is 4. The van der Waals surface area contributed by atoms with Crippen LogP contribution in [0.25, 0.3) is 0 Å². The Morgan fingerprint density at radius 1 is 0.800 bits per heavy atom. The van der Waals surface area contributed by atoms with Crippen LogP contribution in [0.4, 0.5) is 0 Å². The van der Waals surface area contributed by atoms with E-state index in [0.717, 1.165) is 55.2 Å². The maximum absolute atomic E-state index is 14.3. The molecular formula is C53H86N6O11. The van der Waals surface area contributed by atoms with E-state index >= 15 is 0 Å². The molecule has 0 fully saturated rings. The number of hydrogen-bond acceptors (Lipinski definition) is 11. The zero-order chi connectivity index (χ0) is 51.6. The Labute approximate surface area is 417 Å². The van der Waals surface area contributed by atoms with Crippen LogP contribution in [0.1, 0.15) is 150 Å². The van der Waals surface area contributed by atoms with Gasteiger partial charge in [-0.1, -0.05) is 116 Å². The van der Waals surface area contributed by atoms with Gasteiger partial charge in [0, 0.05) is 52.1 Å². The maximum Gasteiger partial charge on any atom is 0.328 e. The summed E-state index contributed by atoms with van der Waals surface area (Å²) in [4.78, 5) is 97.9. The van der Waals surface area contributed by atoms with E-state index in [-0.39, 0.29) is 25.4 Å². The molecule has 0 radical (unpaired) electrons. The second-order valence-electron chi connectivity index (χ2n) is 19.0. The van der Waals surface area contributed by atoms with Crippen LogP contribution in [-0.4, -0.2) is 143 Å². The summed E-state index contributed by atoms with van der Waals surface area (Å²) < 4.78 is 22.5. The number of carbonyl (C=O) groups excluding carboxylic acids is 7. The van der Waals surface area contributed by atoms with E-state index in [1.54, 1.807) is 26.3 Å². The quantitative estimate of drug-likeness (QED) is 0.0514. The van der Waals surface area contributed by atoms with Gasteiger partial charge in [-0.2, -0.15) is 0 Å². The molecule has 0 aromatic heterocycles. The minimum atomic E-state index is -1.18. The van der Waals surface area contributed by atoms with Crippen LogP contribution >= 0.6 is 0 Å². The van der Waals surface area contributed by atoms with Crippen molar-refractivity contribution in [1.29, 1.82) is 0 Å². The standard InChI is InChI=1S/C53H86N6O11/c1-10-12-14-15-16-17-18-19-20-21-22-23-24-25-46(60)58(5)43(35-70-30-13-11-2)51(64)55-36(3)49(62)54-34-47(61)59(6)48-39-27-29-45(68-8)41(33-39)40-31-38(26-28-44(40)67-7)32-42(53(66)69-9)57-50(63)37(4)56-52(48)65/h26-27,29,31,36-37,39,42-44,48H,10-25,28,30,32-35H2,1-9H3,(H,54,62)(H,55,64)(H,56,65)(H,57,63)/t36-,37+,39+,42+,43-,44+,48+/m1/s1. The summed E-state index contributed by atoms with van der Waals surface area (Å²) in [6, 6.07) is -5.43. The summed E-state index contributed by atoms with van der Waals surface area (Å²) in [5, 5.41) is 10.7. The van der Waals surface area contributed by atoms with Gasteiger partial charge in [0.25, 0.3) is 0 Å². The minimum absolute atomic E-state index is 0.0421. The number of rotatable bonds is 29. The van der Waals surface area contributed by atoms with E-state index in [0.29, 0.717) is 25.2 Å². The molecule has 394 valence electrons. The number of hydrogen-bond donors (Lipinski definition) is 4. The highest BCUT2D eigenvalue weighted by molar-refractivity contribution is 5.96. The van der Waals surface area contributed by atoms with E-state index in [2.05, 4.69) is 28.2 Å². The second kappa shape index (κ2) is 32.0. The van der Waals surface area contributed by atoms with E-state index in [4.69, 9.17) is 18.9 Å². The Bertz CT molecular complexity index is 1860. The Balaban J connectivity index is 1.67. The lowest BCUT2D eigenvalue weighted by atomic mass is 9.79. The third-order valence-electron chi connectivity index (χ3n) is 13.6. The molecule has 17 heteroatoms. The van der Waals surface area contributed by atoms with E-state index in [1.807, 2.05) is 19.1 Å². The minimum Gasteiger partial charge on any atom is -0.496 e. The van der Waals surface area contributed by atoms with Gasteiger partial charge in [0.1, 0.15) is 36.0 Å². The maximum atomic E-state index is 14.3. The molecule has 0 saturated heterocycles. The highest BCUT2D eigenvalue weighted by Crippen LogP contribution is 2.38. The summed E-state index contributed by atoms with van der Waals surface area (Å²) in [6.07, 6.45) is 25.3. The highest BCUT2D eigenvalue weighted by atomic mass is 16.5. The number of ether oxygens (including phenoxy) is 4. The summed E-state index contributed by atoms with van der Waals surface area (Å²) in [6.45, 7) is 7.07.